The zero-order chi connectivity index (χ0) is 50.7. The van der Waals surface area contributed by atoms with Gasteiger partial charge < -0.3 is 75.9 Å². The fourth-order valence-electron chi connectivity index (χ4n) is 7.81. The molecule has 2 fully saturated rings. The molecule has 2 heterocycles. The molecule has 2 saturated heterocycles. The fourth-order valence-corrected chi connectivity index (χ4v) is 7.81. The van der Waals surface area contributed by atoms with E-state index >= 15 is 0 Å². The summed E-state index contributed by atoms with van der Waals surface area (Å²) in [6.07, 6.45) is 1.69. The van der Waals surface area contributed by atoms with E-state index in [4.69, 9.17) is 34.4 Å². The Balaban J connectivity index is 2.22. The Labute approximate surface area is 391 Å². The summed E-state index contributed by atoms with van der Waals surface area (Å²) in [5, 5.41) is 23.0. The summed E-state index contributed by atoms with van der Waals surface area (Å²) >= 11 is 0. The van der Waals surface area contributed by atoms with E-state index in [1.807, 2.05) is 0 Å². The quantitative estimate of drug-likeness (QED) is 0.0213. The van der Waals surface area contributed by atoms with Crippen LogP contribution in [0.4, 0.5) is 0 Å². The monoisotopic (exact) mass is 950 g/mol. The van der Waals surface area contributed by atoms with Gasteiger partial charge in [-0.3, -0.25) is 48.3 Å². The van der Waals surface area contributed by atoms with Crippen LogP contribution in [0.1, 0.15) is 106 Å². The molecule has 2 aliphatic heterocycles. The highest BCUT2D eigenvalue weighted by Gasteiger charge is 2.42. The molecule has 0 aromatic rings. The maximum atomic E-state index is 14.1. The number of hydrogen-bond donors (Lipinski definition) is 12. The number of rotatable bonds is 27. The molecule has 0 aliphatic carbocycles. The van der Waals surface area contributed by atoms with E-state index in [1.54, 1.807) is 41.5 Å². The number of carboxylic acids is 1. The molecule has 8 amide bonds. The van der Waals surface area contributed by atoms with Crippen molar-refractivity contribution < 1.29 is 48.3 Å². The van der Waals surface area contributed by atoms with Gasteiger partial charge in [-0.25, -0.2) is 4.79 Å². The molecule has 2 rings (SSSR count). The summed E-state index contributed by atoms with van der Waals surface area (Å²) in [6, 6.07) is -9.14. The number of carbonyl (C=O) groups is 9. The van der Waals surface area contributed by atoms with Crippen molar-refractivity contribution in [3.05, 3.63) is 0 Å². The molecular weight excluding hydrogens is 875 g/mol. The lowest BCUT2D eigenvalue weighted by Crippen LogP contribution is -2.61. The SMILES string of the molecule is CC(C)[C@H](NC(=O)[C@@H](NC(=O)[C@@H]1CCCN1C(=O)[C@@H](NC(=O)[C@@H](N)CCCN=C(N)N)C(C)C)C(C)C)C(=O)N[C@@H](CCC(N)=O)C(=O)N1CCC[C@H]1C(=O)N[C@@H](CCCN=C(N)N)C(=O)O. The van der Waals surface area contributed by atoms with Crippen molar-refractivity contribution in [2.45, 2.75) is 154 Å². The van der Waals surface area contributed by atoms with Crippen molar-refractivity contribution in [2.24, 2.45) is 62.1 Å². The van der Waals surface area contributed by atoms with Crippen LogP contribution in [0.15, 0.2) is 9.98 Å². The third kappa shape index (κ3) is 18.1. The van der Waals surface area contributed by atoms with Crippen LogP contribution < -0.4 is 61.0 Å². The molecule has 0 unspecified atom stereocenters. The van der Waals surface area contributed by atoms with Gasteiger partial charge in [0.15, 0.2) is 11.9 Å². The molecule has 0 aromatic heterocycles. The number of amides is 8. The lowest BCUT2D eigenvalue weighted by Gasteiger charge is -2.33. The molecule has 0 radical (unpaired) electrons. The number of nitrogens with one attached hydrogen (secondary N) is 5. The van der Waals surface area contributed by atoms with E-state index in [9.17, 15) is 48.3 Å². The normalized spacial score (nSPS) is 18.5. The van der Waals surface area contributed by atoms with Crippen molar-refractivity contribution in [3.8, 4) is 0 Å². The van der Waals surface area contributed by atoms with Gasteiger partial charge in [-0.2, -0.15) is 0 Å². The molecule has 378 valence electrons. The molecule has 0 aromatic carbocycles. The van der Waals surface area contributed by atoms with Gasteiger partial charge in [0.1, 0.15) is 42.3 Å². The van der Waals surface area contributed by atoms with Crippen LogP contribution in [-0.2, 0) is 43.2 Å². The van der Waals surface area contributed by atoms with E-state index in [-0.39, 0.29) is 89.0 Å². The molecule has 67 heavy (non-hydrogen) atoms. The van der Waals surface area contributed by atoms with Crippen LogP contribution in [0.3, 0.4) is 0 Å². The van der Waals surface area contributed by atoms with Gasteiger partial charge in [-0.1, -0.05) is 41.5 Å². The number of carboxylic acid groups (broad SMARTS) is 1. The summed E-state index contributed by atoms with van der Waals surface area (Å²) < 4.78 is 0. The molecule has 8 atom stereocenters. The summed E-state index contributed by atoms with van der Waals surface area (Å²) in [5.41, 5.74) is 32.9. The van der Waals surface area contributed by atoms with Crippen LogP contribution in [0.25, 0.3) is 0 Å². The maximum absolute atomic E-state index is 14.1. The van der Waals surface area contributed by atoms with E-state index in [1.165, 1.54) is 9.80 Å². The van der Waals surface area contributed by atoms with Crippen molar-refractivity contribution in [2.75, 3.05) is 26.2 Å². The molecule has 18 N–H and O–H groups in total. The highest BCUT2D eigenvalue weighted by Crippen LogP contribution is 2.23. The van der Waals surface area contributed by atoms with Gasteiger partial charge in [0.05, 0.1) is 6.04 Å². The Morgan fingerprint density at radius 2 is 1.01 bits per heavy atom. The first-order valence-electron chi connectivity index (χ1n) is 22.9. The first kappa shape index (κ1) is 56.9. The molecule has 25 nitrogen and oxygen atoms in total. The van der Waals surface area contributed by atoms with Crippen molar-refractivity contribution in [3.63, 3.8) is 0 Å². The minimum atomic E-state index is -1.38. The van der Waals surface area contributed by atoms with Crippen LogP contribution in [0, 0.1) is 17.8 Å². The number of nitrogens with two attached hydrogens (primary N) is 6. The molecular formula is C42H75N15O10. The summed E-state index contributed by atoms with van der Waals surface area (Å²) in [5.74, 6) is -8.38. The standard InChI is InChI=1S/C42H75N15O10/c1-21(2)30(36(62)51-25(15-16-29(44)58)38(64)56-19-9-13-27(56)34(60)52-26(40(66)67)12-8-18-50-42(47)48)54-37(63)31(22(3)4)53-35(61)28-14-10-20-57(28)39(65)32(23(5)6)55-33(59)24(43)11-7-17-49-41(45)46/h21-28,30-32H,7-20,43H2,1-6H3,(H2,44,58)(H,51,62)(H,52,60)(H,53,61)(H,54,63)(H,55,59)(H,66,67)(H4,45,46,49)(H4,47,48,50)/t24-,25-,26-,27-,28-,30-,31-,32-/m0/s1. The number of hydrogen-bond acceptors (Lipinski definition) is 12. The Kier molecular flexibility index (Phi) is 23.2. The number of aliphatic imine (C=N–C) groups is 2. The summed E-state index contributed by atoms with van der Waals surface area (Å²) in [6.45, 7) is 10.9. The minimum absolute atomic E-state index is 0.000557. The Hall–Kier alpha value is -6.27. The van der Waals surface area contributed by atoms with E-state index in [0.717, 1.165) is 0 Å². The highest BCUT2D eigenvalue weighted by molar-refractivity contribution is 5.98. The second-order valence-corrected chi connectivity index (χ2v) is 18.0. The second-order valence-electron chi connectivity index (χ2n) is 18.0. The largest absolute Gasteiger partial charge is 0.480 e. The first-order valence-corrected chi connectivity index (χ1v) is 22.9. The Morgan fingerprint density at radius 3 is 1.49 bits per heavy atom. The van der Waals surface area contributed by atoms with Crippen LogP contribution in [0.2, 0.25) is 0 Å². The van der Waals surface area contributed by atoms with Gasteiger partial charge >= 0.3 is 5.97 Å². The number of primary amides is 1. The van der Waals surface area contributed by atoms with Gasteiger partial charge in [0.25, 0.3) is 0 Å². The van der Waals surface area contributed by atoms with Crippen molar-refractivity contribution in [1.82, 2.24) is 36.4 Å². The van der Waals surface area contributed by atoms with Crippen LogP contribution >= 0.6 is 0 Å². The molecule has 0 spiro atoms. The first-order chi connectivity index (χ1) is 31.4. The molecule has 25 heteroatoms. The second kappa shape index (κ2) is 27.4. The summed E-state index contributed by atoms with van der Waals surface area (Å²) in [7, 11) is 0. The number of nitrogens with zero attached hydrogens (tertiary/aromatic N) is 4. The van der Waals surface area contributed by atoms with Crippen LogP contribution in [0.5, 0.6) is 0 Å². The number of guanidine groups is 2. The Bertz CT molecular complexity index is 1820. The summed E-state index contributed by atoms with van der Waals surface area (Å²) in [4.78, 5) is 131. The number of carbonyl (C=O) groups excluding carboxylic acids is 8. The van der Waals surface area contributed by atoms with Gasteiger partial charge in [0.2, 0.25) is 47.3 Å². The smallest absolute Gasteiger partial charge is 0.326 e. The average Bonchev–Trinajstić information content (AvgIpc) is 3.95. The van der Waals surface area contributed by atoms with E-state index < -0.39 is 113 Å². The number of likely N-dealkylation sites (tertiary alicyclic amines) is 2. The van der Waals surface area contributed by atoms with Crippen molar-refractivity contribution in [1.29, 1.82) is 0 Å². The van der Waals surface area contributed by atoms with Gasteiger partial charge in [-0.05, 0) is 75.5 Å². The van der Waals surface area contributed by atoms with Crippen molar-refractivity contribution >= 4 is 65.1 Å². The van der Waals surface area contributed by atoms with E-state index in [2.05, 4.69) is 36.6 Å². The zero-order valence-electron chi connectivity index (χ0n) is 39.6. The third-order valence-corrected chi connectivity index (χ3v) is 11.6. The lowest BCUT2D eigenvalue weighted by atomic mass is 9.98. The fraction of sp³-hybridized carbons (Fsp3) is 0.738. The van der Waals surface area contributed by atoms with E-state index in [0.29, 0.717) is 19.3 Å². The third-order valence-electron chi connectivity index (χ3n) is 11.6. The molecule has 0 saturated carbocycles. The minimum Gasteiger partial charge on any atom is -0.480 e. The number of aliphatic carboxylic acids is 1. The lowest BCUT2D eigenvalue weighted by molar-refractivity contribution is -0.145. The predicted molar refractivity (Wildman–Crippen MR) is 247 cm³/mol. The van der Waals surface area contributed by atoms with Crippen LogP contribution in [-0.4, -0.2) is 155 Å². The van der Waals surface area contributed by atoms with Gasteiger partial charge in [0, 0.05) is 32.6 Å². The molecule has 0 bridgehead atoms. The van der Waals surface area contributed by atoms with Gasteiger partial charge in [-0.15, -0.1) is 0 Å². The predicted octanol–water partition coefficient (Wildman–Crippen LogP) is -3.86. The zero-order valence-corrected chi connectivity index (χ0v) is 39.6. The Morgan fingerprint density at radius 1 is 0.567 bits per heavy atom. The maximum Gasteiger partial charge on any atom is 0.326 e. The average molecular weight is 950 g/mol. The molecule has 2 aliphatic rings. The topological polar surface area (TPSA) is 421 Å². The highest BCUT2D eigenvalue weighted by atomic mass is 16.4.